The maximum atomic E-state index is 11.1. The van der Waals surface area contributed by atoms with E-state index < -0.39 is 0 Å². The SMILES string of the molecule is CC1=C(CCC=O)C(=O)SC1. The van der Waals surface area contributed by atoms with Crippen molar-refractivity contribution in [3.63, 3.8) is 0 Å². The van der Waals surface area contributed by atoms with E-state index in [1.165, 1.54) is 11.8 Å². The second-order valence-corrected chi connectivity index (χ2v) is 3.49. The molecule has 0 atom stereocenters. The fraction of sp³-hybridized carbons (Fsp3) is 0.500. The summed E-state index contributed by atoms with van der Waals surface area (Å²) in [6.07, 6.45) is 1.96. The highest BCUT2D eigenvalue weighted by Gasteiger charge is 2.19. The molecule has 0 unspecified atom stereocenters. The first-order valence-electron chi connectivity index (χ1n) is 3.55. The van der Waals surface area contributed by atoms with Gasteiger partial charge >= 0.3 is 0 Å². The summed E-state index contributed by atoms with van der Waals surface area (Å²) in [6.45, 7) is 1.96. The van der Waals surface area contributed by atoms with Crippen LogP contribution in [-0.2, 0) is 9.59 Å². The molecule has 0 aromatic carbocycles. The first kappa shape index (κ1) is 8.53. The van der Waals surface area contributed by atoms with Crippen molar-refractivity contribution in [2.24, 2.45) is 0 Å². The van der Waals surface area contributed by atoms with Crippen LogP contribution in [0.3, 0.4) is 0 Å². The van der Waals surface area contributed by atoms with Crippen molar-refractivity contribution >= 4 is 23.2 Å². The van der Waals surface area contributed by atoms with E-state index in [0.29, 0.717) is 12.8 Å². The molecule has 0 amide bonds. The lowest BCUT2D eigenvalue weighted by atomic mass is 10.1. The maximum absolute atomic E-state index is 11.1. The van der Waals surface area contributed by atoms with Gasteiger partial charge in [0, 0.05) is 17.7 Å². The summed E-state index contributed by atoms with van der Waals surface area (Å²) < 4.78 is 0. The van der Waals surface area contributed by atoms with Crippen molar-refractivity contribution in [3.05, 3.63) is 11.1 Å². The van der Waals surface area contributed by atoms with Crippen LogP contribution in [0.4, 0.5) is 0 Å². The van der Waals surface area contributed by atoms with E-state index in [2.05, 4.69) is 0 Å². The van der Waals surface area contributed by atoms with Gasteiger partial charge in [0.25, 0.3) is 0 Å². The molecule has 0 aromatic heterocycles. The lowest BCUT2D eigenvalue weighted by Gasteiger charge is -1.95. The number of carbonyl (C=O) groups is 2. The lowest BCUT2D eigenvalue weighted by Crippen LogP contribution is -1.93. The van der Waals surface area contributed by atoms with Crippen molar-refractivity contribution in [3.8, 4) is 0 Å². The summed E-state index contributed by atoms with van der Waals surface area (Å²) in [4.78, 5) is 21.1. The van der Waals surface area contributed by atoms with Gasteiger partial charge in [-0.05, 0) is 13.3 Å². The van der Waals surface area contributed by atoms with Gasteiger partial charge in [-0.1, -0.05) is 17.3 Å². The Balaban J connectivity index is 2.59. The molecule has 0 fully saturated rings. The zero-order valence-corrected chi connectivity index (χ0v) is 7.24. The van der Waals surface area contributed by atoms with E-state index in [1.807, 2.05) is 6.92 Å². The predicted molar refractivity (Wildman–Crippen MR) is 45.5 cm³/mol. The number of hydrogen-bond donors (Lipinski definition) is 0. The zero-order valence-electron chi connectivity index (χ0n) is 6.42. The van der Waals surface area contributed by atoms with Crippen molar-refractivity contribution in [2.75, 3.05) is 5.75 Å². The minimum absolute atomic E-state index is 0.157. The Labute approximate surface area is 70.0 Å². The largest absolute Gasteiger partial charge is 0.303 e. The van der Waals surface area contributed by atoms with E-state index in [4.69, 9.17) is 0 Å². The third-order valence-corrected chi connectivity index (χ3v) is 2.78. The van der Waals surface area contributed by atoms with Crippen molar-refractivity contribution in [1.82, 2.24) is 0 Å². The number of carbonyl (C=O) groups excluding carboxylic acids is 2. The van der Waals surface area contributed by atoms with Crippen LogP contribution in [0.5, 0.6) is 0 Å². The molecule has 0 N–H and O–H groups in total. The van der Waals surface area contributed by atoms with Gasteiger partial charge < -0.3 is 4.79 Å². The molecule has 0 spiro atoms. The Kier molecular flexibility index (Phi) is 2.88. The highest BCUT2D eigenvalue weighted by atomic mass is 32.2. The molecule has 0 saturated carbocycles. The molecule has 1 rings (SSSR count). The molecular formula is C8H10O2S. The van der Waals surface area contributed by atoms with Crippen LogP contribution >= 0.6 is 11.8 Å². The van der Waals surface area contributed by atoms with Crippen molar-refractivity contribution in [2.45, 2.75) is 19.8 Å². The van der Waals surface area contributed by atoms with Crippen molar-refractivity contribution < 1.29 is 9.59 Å². The van der Waals surface area contributed by atoms with E-state index in [0.717, 1.165) is 23.2 Å². The standard InChI is InChI=1S/C8H10O2S/c1-6-5-11-8(10)7(6)3-2-4-9/h4H,2-3,5H2,1H3. The monoisotopic (exact) mass is 170 g/mol. The molecule has 1 aliphatic rings. The van der Waals surface area contributed by atoms with E-state index in [9.17, 15) is 9.59 Å². The predicted octanol–water partition coefficient (Wildman–Crippen LogP) is 1.56. The molecule has 11 heavy (non-hydrogen) atoms. The van der Waals surface area contributed by atoms with Gasteiger partial charge in [-0.2, -0.15) is 0 Å². The number of aldehydes is 1. The zero-order chi connectivity index (χ0) is 8.27. The van der Waals surface area contributed by atoms with Gasteiger partial charge in [0.15, 0.2) is 0 Å². The molecule has 3 heteroatoms. The lowest BCUT2D eigenvalue weighted by molar-refractivity contribution is -0.108. The van der Waals surface area contributed by atoms with Crippen LogP contribution in [0.25, 0.3) is 0 Å². The minimum Gasteiger partial charge on any atom is -0.303 e. The number of hydrogen-bond acceptors (Lipinski definition) is 3. The molecule has 0 aromatic rings. The van der Waals surface area contributed by atoms with Gasteiger partial charge in [0.1, 0.15) is 6.29 Å². The quantitative estimate of drug-likeness (QED) is 0.603. The molecule has 1 heterocycles. The second-order valence-electron chi connectivity index (χ2n) is 2.54. The van der Waals surface area contributed by atoms with Gasteiger partial charge in [-0.15, -0.1) is 0 Å². The Morgan fingerprint density at radius 3 is 2.82 bits per heavy atom. The maximum Gasteiger partial charge on any atom is 0.215 e. The van der Waals surface area contributed by atoms with Gasteiger partial charge in [0.2, 0.25) is 5.12 Å². The van der Waals surface area contributed by atoms with Crippen LogP contribution < -0.4 is 0 Å². The smallest absolute Gasteiger partial charge is 0.215 e. The van der Waals surface area contributed by atoms with E-state index >= 15 is 0 Å². The normalized spacial score (nSPS) is 17.7. The average Bonchev–Trinajstić information content (AvgIpc) is 2.29. The van der Waals surface area contributed by atoms with Gasteiger partial charge in [-0.3, -0.25) is 4.79 Å². The first-order valence-corrected chi connectivity index (χ1v) is 4.53. The summed E-state index contributed by atoms with van der Waals surface area (Å²) in [7, 11) is 0. The number of rotatable bonds is 3. The van der Waals surface area contributed by atoms with Crippen LogP contribution in [0.2, 0.25) is 0 Å². The molecule has 2 nitrogen and oxygen atoms in total. The second kappa shape index (κ2) is 3.72. The third-order valence-electron chi connectivity index (χ3n) is 1.69. The average molecular weight is 170 g/mol. The molecule has 0 radical (unpaired) electrons. The van der Waals surface area contributed by atoms with Crippen LogP contribution in [-0.4, -0.2) is 17.2 Å². The highest BCUT2D eigenvalue weighted by molar-refractivity contribution is 8.14. The Morgan fingerprint density at radius 1 is 1.64 bits per heavy atom. The molecule has 60 valence electrons. The highest BCUT2D eigenvalue weighted by Crippen LogP contribution is 2.28. The van der Waals surface area contributed by atoms with Gasteiger partial charge in [-0.25, -0.2) is 0 Å². The molecule has 0 saturated heterocycles. The topological polar surface area (TPSA) is 34.1 Å². The third kappa shape index (κ3) is 1.93. The fourth-order valence-corrected chi connectivity index (χ4v) is 2.01. The summed E-state index contributed by atoms with van der Waals surface area (Å²) in [6, 6.07) is 0. The molecule has 0 aliphatic carbocycles. The molecular weight excluding hydrogens is 160 g/mol. The Morgan fingerprint density at radius 2 is 2.36 bits per heavy atom. The Bertz CT molecular complexity index is 218. The minimum atomic E-state index is 0.157. The van der Waals surface area contributed by atoms with Crippen LogP contribution in [0, 0.1) is 0 Å². The summed E-state index contributed by atoms with van der Waals surface area (Å²) >= 11 is 1.33. The summed E-state index contributed by atoms with van der Waals surface area (Å²) in [5.74, 6) is 0.813. The van der Waals surface area contributed by atoms with Crippen molar-refractivity contribution in [1.29, 1.82) is 0 Å². The fourth-order valence-electron chi connectivity index (χ4n) is 1.04. The van der Waals surface area contributed by atoms with E-state index in [-0.39, 0.29) is 5.12 Å². The van der Waals surface area contributed by atoms with Gasteiger partial charge in [0.05, 0.1) is 0 Å². The summed E-state index contributed by atoms with van der Waals surface area (Å²) in [5, 5.41) is 0.157. The molecule has 1 aliphatic heterocycles. The molecule has 0 bridgehead atoms. The number of thioether (sulfide) groups is 1. The van der Waals surface area contributed by atoms with E-state index in [1.54, 1.807) is 0 Å². The van der Waals surface area contributed by atoms with Crippen LogP contribution in [0.1, 0.15) is 19.8 Å². The Hall–Kier alpha value is -0.570. The van der Waals surface area contributed by atoms with Crippen LogP contribution in [0.15, 0.2) is 11.1 Å². The first-order chi connectivity index (χ1) is 5.25. The summed E-state index contributed by atoms with van der Waals surface area (Å²) in [5.41, 5.74) is 2.00.